The SMILES string of the molecule is Cc1cccc(S(=O)(=O)NC2CCN(Cc3ccc(-c4ccccc4)cc3)C2)c1. The summed E-state index contributed by atoms with van der Waals surface area (Å²) in [6.45, 7) is 4.35. The van der Waals surface area contributed by atoms with E-state index in [0.29, 0.717) is 4.90 Å². The molecule has 1 unspecified atom stereocenters. The fourth-order valence-corrected chi connectivity index (χ4v) is 5.20. The number of nitrogens with zero attached hydrogens (tertiary/aromatic N) is 1. The molecule has 4 nitrogen and oxygen atoms in total. The second-order valence-electron chi connectivity index (χ2n) is 7.72. The van der Waals surface area contributed by atoms with Gasteiger partial charge < -0.3 is 0 Å². The maximum Gasteiger partial charge on any atom is 0.240 e. The Kier molecular flexibility index (Phi) is 5.81. The molecule has 0 amide bonds. The number of benzene rings is 3. The molecule has 0 spiro atoms. The van der Waals surface area contributed by atoms with Gasteiger partial charge >= 0.3 is 0 Å². The molecule has 1 saturated heterocycles. The molecule has 1 aliphatic rings. The quantitative estimate of drug-likeness (QED) is 0.667. The molecule has 1 aliphatic heterocycles. The average molecular weight is 407 g/mol. The molecule has 1 heterocycles. The fourth-order valence-electron chi connectivity index (χ4n) is 3.83. The van der Waals surface area contributed by atoms with Crippen LogP contribution in [0.5, 0.6) is 0 Å². The van der Waals surface area contributed by atoms with E-state index in [1.165, 1.54) is 16.7 Å². The molecule has 1 atom stereocenters. The van der Waals surface area contributed by atoms with Crippen molar-refractivity contribution in [3.8, 4) is 11.1 Å². The summed E-state index contributed by atoms with van der Waals surface area (Å²) in [6, 6.07) is 26.0. The molecule has 1 N–H and O–H groups in total. The number of hydrogen-bond acceptors (Lipinski definition) is 3. The smallest absolute Gasteiger partial charge is 0.240 e. The van der Waals surface area contributed by atoms with Crippen LogP contribution in [0.1, 0.15) is 17.5 Å². The normalized spacial score (nSPS) is 17.5. The van der Waals surface area contributed by atoms with Gasteiger partial charge in [0.05, 0.1) is 4.90 Å². The van der Waals surface area contributed by atoms with Gasteiger partial charge in [0.2, 0.25) is 10.0 Å². The number of nitrogens with one attached hydrogen (secondary N) is 1. The van der Waals surface area contributed by atoms with Crippen molar-refractivity contribution >= 4 is 10.0 Å². The van der Waals surface area contributed by atoms with Crippen molar-refractivity contribution in [3.05, 3.63) is 90.0 Å². The summed E-state index contributed by atoms with van der Waals surface area (Å²) in [5.74, 6) is 0. The third-order valence-corrected chi connectivity index (χ3v) is 6.88. The summed E-state index contributed by atoms with van der Waals surface area (Å²) < 4.78 is 28.2. The van der Waals surface area contributed by atoms with Gasteiger partial charge in [-0.3, -0.25) is 4.90 Å². The van der Waals surface area contributed by atoms with Crippen molar-refractivity contribution in [2.45, 2.75) is 30.8 Å². The topological polar surface area (TPSA) is 49.4 Å². The van der Waals surface area contributed by atoms with E-state index in [2.05, 4.69) is 46.0 Å². The molecule has 0 saturated carbocycles. The van der Waals surface area contributed by atoms with Crippen molar-refractivity contribution in [1.82, 2.24) is 9.62 Å². The summed E-state index contributed by atoms with van der Waals surface area (Å²) in [5, 5.41) is 0. The second-order valence-corrected chi connectivity index (χ2v) is 9.44. The Morgan fingerprint density at radius 3 is 2.38 bits per heavy atom. The Morgan fingerprint density at radius 1 is 0.931 bits per heavy atom. The third kappa shape index (κ3) is 4.93. The van der Waals surface area contributed by atoms with E-state index in [9.17, 15) is 8.42 Å². The molecule has 5 heteroatoms. The van der Waals surface area contributed by atoms with Crippen molar-refractivity contribution in [3.63, 3.8) is 0 Å². The van der Waals surface area contributed by atoms with Gasteiger partial charge in [-0.2, -0.15) is 0 Å². The lowest BCUT2D eigenvalue weighted by Crippen LogP contribution is -2.37. The van der Waals surface area contributed by atoms with E-state index < -0.39 is 10.0 Å². The van der Waals surface area contributed by atoms with E-state index in [1.807, 2.05) is 31.2 Å². The zero-order valence-electron chi connectivity index (χ0n) is 16.6. The van der Waals surface area contributed by atoms with Crippen molar-refractivity contribution in [2.24, 2.45) is 0 Å². The van der Waals surface area contributed by atoms with Crippen LogP contribution in [-0.2, 0) is 16.6 Å². The van der Waals surface area contributed by atoms with Crippen LogP contribution in [0.3, 0.4) is 0 Å². The van der Waals surface area contributed by atoms with E-state index in [-0.39, 0.29) is 6.04 Å². The number of sulfonamides is 1. The first-order valence-electron chi connectivity index (χ1n) is 9.95. The van der Waals surface area contributed by atoms with Gasteiger partial charge in [-0.25, -0.2) is 13.1 Å². The molecule has 4 rings (SSSR count). The minimum Gasteiger partial charge on any atom is -0.297 e. The minimum absolute atomic E-state index is 0.0518. The summed E-state index contributed by atoms with van der Waals surface area (Å²) in [4.78, 5) is 2.65. The highest BCUT2D eigenvalue weighted by Gasteiger charge is 2.27. The van der Waals surface area contributed by atoms with E-state index in [1.54, 1.807) is 18.2 Å². The summed E-state index contributed by atoms with van der Waals surface area (Å²) in [7, 11) is -3.48. The largest absolute Gasteiger partial charge is 0.297 e. The van der Waals surface area contributed by atoms with Gasteiger partial charge in [-0.05, 0) is 47.7 Å². The van der Waals surface area contributed by atoms with Gasteiger partial charge in [-0.1, -0.05) is 66.7 Å². The van der Waals surface area contributed by atoms with Crippen LogP contribution >= 0.6 is 0 Å². The second kappa shape index (κ2) is 8.49. The highest BCUT2D eigenvalue weighted by Crippen LogP contribution is 2.21. The molecule has 150 valence electrons. The fraction of sp³-hybridized carbons (Fsp3) is 0.250. The van der Waals surface area contributed by atoms with Gasteiger partial charge in [0.25, 0.3) is 0 Å². The Hall–Kier alpha value is -2.47. The Bertz CT molecular complexity index is 1060. The number of rotatable bonds is 6. The first kappa shape index (κ1) is 19.8. The van der Waals surface area contributed by atoms with E-state index in [4.69, 9.17) is 0 Å². The van der Waals surface area contributed by atoms with Crippen LogP contribution in [0, 0.1) is 6.92 Å². The van der Waals surface area contributed by atoms with Crippen LogP contribution < -0.4 is 4.72 Å². The molecule has 0 radical (unpaired) electrons. The number of hydrogen-bond donors (Lipinski definition) is 1. The van der Waals surface area contributed by atoms with Crippen LogP contribution in [0.15, 0.2) is 83.8 Å². The predicted octanol–water partition coefficient (Wildman–Crippen LogP) is 4.21. The zero-order chi connectivity index (χ0) is 20.3. The Balaban J connectivity index is 1.35. The maximum atomic E-state index is 12.6. The highest BCUT2D eigenvalue weighted by atomic mass is 32.2. The van der Waals surface area contributed by atoms with Crippen LogP contribution in [0.25, 0.3) is 11.1 Å². The van der Waals surface area contributed by atoms with Gasteiger partial charge in [0.15, 0.2) is 0 Å². The molecular formula is C24H26N2O2S. The lowest BCUT2D eigenvalue weighted by atomic mass is 10.0. The standard InChI is InChI=1S/C24H26N2O2S/c1-19-6-5-9-24(16-19)29(27,28)25-23-14-15-26(18-23)17-20-10-12-22(13-11-20)21-7-3-2-4-8-21/h2-13,16,23,25H,14-15,17-18H2,1H3. The van der Waals surface area contributed by atoms with Gasteiger partial charge in [0.1, 0.15) is 0 Å². The van der Waals surface area contributed by atoms with Crippen molar-refractivity contribution < 1.29 is 8.42 Å². The third-order valence-electron chi connectivity index (χ3n) is 5.36. The molecule has 0 bridgehead atoms. The van der Waals surface area contributed by atoms with Gasteiger partial charge in [-0.15, -0.1) is 0 Å². The van der Waals surface area contributed by atoms with Crippen LogP contribution in [0.4, 0.5) is 0 Å². The Labute approximate surface area is 173 Å². The summed E-state index contributed by atoms with van der Waals surface area (Å²) in [6.07, 6.45) is 0.827. The maximum absolute atomic E-state index is 12.6. The summed E-state index contributed by atoms with van der Waals surface area (Å²) in [5.41, 5.74) is 4.61. The summed E-state index contributed by atoms with van der Waals surface area (Å²) >= 11 is 0. The first-order valence-corrected chi connectivity index (χ1v) is 11.4. The Morgan fingerprint density at radius 2 is 1.66 bits per heavy atom. The predicted molar refractivity (Wildman–Crippen MR) is 117 cm³/mol. The average Bonchev–Trinajstić information content (AvgIpc) is 3.15. The first-order chi connectivity index (χ1) is 14.0. The number of aryl methyl sites for hydroxylation is 1. The van der Waals surface area contributed by atoms with Crippen molar-refractivity contribution in [2.75, 3.05) is 13.1 Å². The molecule has 3 aromatic rings. The van der Waals surface area contributed by atoms with Crippen molar-refractivity contribution in [1.29, 1.82) is 0 Å². The molecule has 1 fully saturated rings. The lowest BCUT2D eigenvalue weighted by Gasteiger charge is -2.17. The highest BCUT2D eigenvalue weighted by molar-refractivity contribution is 7.89. The number of likely N-dealkylation sites (tertiary alicyclic amines) is 1. The van der Waals surface area contributed by atoms with E-state index in [0.717, 1.165) is 31.6 Å². The van der Waals surface area contributed by atoms with Crippen LogP contribution in [-0.4, -0.2) is 32.4 Å². The molecule has 0 aromatic heterocycles. The molecule has 0 aliphatic carbocycles. The molecular weight excluding hydrogens is 380 g/mol. The molecule has 3 aromatic carbocycles. The minimum atomic E-state index is -3.48. The molecule has 29 heavy (non-hydrogen) atoms. The monoisotopic (exact) mass is 406 g/mol. The van der Waals surface area contributed by atoms with E-state index >= 15 is 0 Å². The lowest BCUT2D eigenvalue weighted by molar-refractivity contribution is 0.324. The zero-order valence-corrected chi connectivity index (χ0v) is 17.4. The van der Waals surface area contributed by atoms with Crippen LogP contribution in [0.2, 0.25) is 0 Å². The van der Waals surface area contributed by atoms with Gasteiger partial charge in [0, 0.05) is 25.7 Å².